The average molecular weight is 167 g/mol. The van der Waals surface area contributed by atoms with Gasteiger partial charge in [0.2, 0.25) is 0 Å². The molecule has 0 heterocycles. The molecule has 0 saturated heterocycles. The van der Waals surface area contributed by atoms with Crippen molar-refractivity contribution in [1.29, 1.82) is 0 Å². The highest BCUT2D eigenvalue weighted by molar-refractivity contribution is 5.21. The summed E-state index contributed by atoms with van der Waals surface area (Å²) in [6, 6.07) is 0. The Morgan fingerprint density at radius 3 is 2.50 bits per heavy atom. The van der Waals surface area contributed by atoms with Crippen LogP contribution in [0.25, 0.3) is 0 Å². The third kappa shape index (κ3) is 2.11. The molecule has 1 unspecified atom stereocenters. The van der Waals surface area contributed by atoms with E-state index in [-0.39, 0.29) is 0 Å². The number of hydrogen-bond donors (Lipinski definition) is 2. The van der Waals surface area contributed by atoms with Crippen LogP contribution in [0.4, 0.5) is 0 Å². The molecular weight excluding hydrogens is 150 g/mol. The summed E-state index contributed by atoms with van der Waals surface area (Å²) >= 11 is 0. The number of rotatable bonds is 1. The van der Waals surface area contributed by atoms with Gasteiger partial charge in [-0.1, -0.05) is 32.9 Å². The highest BCUT2D eigenvalue weighted by Gasteiger charge is 2.22. The van der Waals surface area contributed by atoms with E-state index in [2.05, 4.69) is 32.3 Å². The van der Waals surface area contributed by atoms with Gasteiger partial charge in [0, 0.05) is 0 Å². The minimum atomic E-state index is 0.313. The number of hydroxylamine groups is 1. The second kappa shape index (κ2) is 3.31. The Kier molecular flexibility index (Phi) is 2.58. The van der Waals surface area contributed by atoms with Crippen molar-refractivity contribution >= 4 is 0 Å². The predicted molar refractivity (Wildman–Crippen MR) is 49.7 cm³/mol. The maximum Gasteiger partial charge on any atom is 0.0559 e. The fourth-order valence-corrected chi connectivity index (χ4v) is 1.35. The summed E-state index contributed by atoms with van der Waals surface area (Å²) in [5.74, 6) is 0.578. The van der Waals surface area contributed by atoms with E-state index in [4.69, 9.17) is 5.21 Å². The molecule has 0 spiro atoms. The molecule has 68 valence electrons. The Bertz CT molecular complexity index is 210. The van der Waals surface area contributed by atoms with E-state index >= 15 is 0 Å². The largest absolute Gasteiger partial charge is 0.291 e. The van der Waals surface area contributed by atoms with Crippen molar-refractivity contribution in [1.82, 2.24) is 5.48 Å². The summed E-state index contributed by atoms with van der Waals surface area (Å²) in [4.78, 5) is 0. The first kappa shape index (κ1) is 9.33. The van der Waals surface area contributed by atoms with Gasteiger partial charge in [0.1, 0.15) is 0 Å². The first-order valence-corrected chi connectivity index (χ1v) is 4.32. The van der Waals surface area contributed by atoms with Gasteiger partial charge in [-0.25, -0.2) is 0 Å². The van der Waals surface area contributed by atoms with Crippen LogP contribution in [0.15, 0.2) is 23.9 Å². The number of nitrogens with one attached hydrogen (secondary N) is 1. The molecule has 0 radical (unpaired) electrons. The SMILES string of the molecule is CC(C)(C)C1C=CC(NO)=CC1. The number of allylic oxidation sites excluding steroid dienone is 3. The average Bonchev–Trinajstić information content (AvgIpc) is 2.03. The van der Waals surface area contributed by atoms with E-state index < -0.39 is 0 Å². The molecule has 0 fully saturated rings. The van der Waals surface area contributed by atoms with Crippen LogP contribution in [0.2, 0.25) is 0 Å². The standard InChI is InChI=1S/C10H17NO/c1-10(2,3)8-4-6-9(11-12)7-5-8/h4,6-8,11-12H,5H2,1-3H3. The van der Waals surface area contributed by atoms with Crippen LogP contribution >= 0.6 is 0 Å². The van der Waals surface area contributed by atoms with E-state index in [0.717, 1.165) is 12.1 Å². The highest BCUT2D eigenvalue weighted by Crippen LogP contribution is 2.32. The lowest BCUT2D eigenvalue weighted by molar-refractivity contribution is 0.201. The summed E-state index contributed by atoms with van der Waals surface area (Å²) < 4.78 is 0. The zero-order valence-electron chi connectivity index (χ0n) is 7.96. The van der Waals surface area contributed by atoms with Crippen molar-refractivity contribution in [3.05, 3.63) is 23.9 Å². The molecule has 0 saturated carbocycles. The Labute approximate surface area is 73.9 Å². The van der Waals surface area contributed by atoms with Crippen molar-refractivity contribution in [3.63, 3.8) is 0 Å². The Morgan fingerprint density at radius 2 is 2.17 bits per heavy atom. The second-order valence-electron chi connectivity index (χ2n) is 4.34. The predicted octanol–water partition coefficient (Wildman–Crippen LogP) is 2.47. The van der Waals surface area contributed by atoms with Crippen LogP contribution in [0, 0.1) is 11.3 Å². The van der Waals surface area contributed by atoms with E-state index in [9.17, 15) is 0 Å². The van der Waals surface area contributed by atoms with Gasteiger partial charge in [0.05, 0.1) is 5.70 Å². The topological polar surface area (TPSA) is 32.3 Å². The van der Waals surface area contributed by atoms with Crippen LogP contribution in [0.5, 0.6) is 0 Å². The summed E-state index contributed by atoms with van der Waals surface area (Å²) in [5.41, 5.74) is 3.27. The normalized spacial score (nSPS) is 23.7. The maximum absolute atomic E-state index is 8.61. The zero-order chi connectivity index (χ0) is 9.19. The highest BCUT2D eigenvalue weighted by atomic mass is 16.5. The molecule has 1 atom stereocenters. The van der Waals surface area contributed by atoms with Gasteiger partial charge in [-0.2, -0.15) is 0 Å². The molecule has 0 aliphatic heterocycles. The number of hydrogen-bond acceptors (Lipinski definition) is 2. The minimum absolute atomic E-state index is 0.313. The third-order valence-electron chi connectivity index (χ3n) is 2.34. The van der Waals surface area contributed by atoms with Crippen molar-refractivity contribution < 1.29 is 5.21 Å². The van der Waals surface area contributed by atoms with E-state index in [1.807, 2.05) is 12.2 Å². The van der Waals surface area contributed by atoms with Crippen LogP contribution in [-0.2, 0) is 0 Å². The monoisotopic (exact) mass is 167 g/mol. The summed E-state index contributed by atoms with van der Waals surface area (Å²) in [6.45, 7) is 6.69. The van der Waals surface area contributed by atoms with Crippen molar-refractivity contribution in [2.75, 3.05) is 0 Å². The first-order valence-electron chi connectivity index (χ1n) is 4.32. The molecule has 12 heavy (non-hydrogen) atoms. The molecule has 2 N–H and O–H groups in total. The van der Waals surface area contributed by atoms with Gasteiger partial charge in [0.25, 0.3) is 0 Å². The van der Waals surface area contributed by atoms with Crippen LogP contribution in [-0.4, -0.2) is 5.21 Å². The lowest BCUT2D eigenvalue weighted by Gasteiger charge is -2.29. The molecular formula is C10H17NO. The second-order valence-corrected chi connectivity index (χ2v) is 4.34. The molecule has 1 aliphatic carbocycles. The van der Waals surface area contributed by atoms with Gasteiger partial charge < -0.3 is 0 Å². The third-order valence-corrected chi connectivity index (χ3v) is 2.34. The van der Waals surface area contributed by atoms with Crippen molar-refractivity contribution in [2.24, 2.45) is 11.3 Å². The lowest BCUT2D eigenvalue weighted by Crippen LogP contribution is -2.20. The van der Waals surface area contributed by atoms with Crippen LogP contribution in [0.3, 0.4) is 0 Å². The fraction of sp³-hybridized carbons (Fsp3) is 0.600. The van der Waals surface area contributed by atoms with Gasteiger partial charge >= 0.3 is 0 Å². The fourth-order valence-electron chi connectivity index (χ4n) is 1.35. The Morgan fingerprint density at radius 1 is 1.50 bits per heavy atom. The summed E-state index contributed by atoms with van der Waals surface area (Å²) in [7, 11) is 0. The minimum Gasteiger partial charge on any atom is -0.291 e. The van der Waals surface area contributed by atoms with Gasteiger partial charge in [-0.15, -0.1) is 0 Å². The quantitative estimate of drug-likeness (QED) is 0.588. The van der Waals surface area contributed by atoms with Crippen molar-refractivity contribution in [3.8, 4) is 0 Å². The maximum atomic E-state index is 8.61. The summed E-state index contributed by atoms with van der Waals surface area (Å²) in [5, 5.41) is 8.61. The smallest absolute Gasteiger partial charge is 0.0559 e. The van der Waals surface area contributed by atoms with E-state index in [1.165, 1.54) is 0 Å². The Balaban J connectivity index is 2.60. The Hall–Kier alpha value is -0.760. The van der Waals surface area contributed by atoms with Gasteiger partial charge in [0.15, 0.2) is 0 Å². The molecule has 1 aliphatic rings. The first-order chi connectivity index (χ1) is 5.54. The molecule has 0 amide bonds. The van der Waals surface area contributed by atoms with Crippen LogP contribution in [0.1, 0.15) is 27.2 Å². The molecule has 0 aromatic rings. The molecule has 0 aromatic carbocycles. The summed E-state index contributed by atoms with van der Waals surface area (Å²) in [6.07, 6.45) is 7.11. The molecule has 2 heteroatoms. The van der Waals surface area contributed by atoms with Crippen LogP contribution < -0.4 is 5.48 Å². The molecule has 0 aromatic heterocycles. The van der Waals surface area contributed by atoms with Crippen molar-refractivity contribution in [2.45, 2.75) is 27.2 Å². The van der Waals surface area contributed by atoms with E-state index in [1.54, 1.807) is 0 Å². The van der Waals surface area contributed by atoms with E-state index in [0.29, 0.717) is 11.3 Å². The molecule has 0 bridgehead atoms. The molecule has 2 nitrogen and oxygen atoms in total. The molecule has 1 rings (SSSR count). The van der Waals surface area contributed by atoms with Gasteiger partial charge in [-0.3, -0.25) is 10.7 Å². The lowest BCUT2D eigenvalue weighted by atomic mass is 9.77. The zero-order valence-corrected chi connectivity index (χ0v) is 7.96. The van der Waals surface area contributed by atoms with Gasteiger partial charge in [-0.05, 0) is 23.8 Å².